The number of benzene rings is 2. The molecule has 1 aliphatic carbocycles. The standard InChI is InChI=1S/C19H20BrNO/c20-16-4-7-18(8-5-16)22-19-6-3-14-11-17(12-15(14)13-19)21-9-1-2-10-21/h3-8,13,17H,1-2,9-12H2. The molecule has 1 atom stereocenters. The maximum absolute atomic E-state index is 5.98. The Morgan fingerprint density at radius 3 is 2.32 bits per heavy atom. The van der Waals surface area contributed by atoms with Crippen molar-refractivity contribution >= 4 is 15.9 Å². The van der Waals surface area contributed by atoms with Crippen LogP contribution in [-0.2, 0) is 12.8 Å². The van der Waals surface area contributed by atoms with Gasteiger partial charge < -0.3 is 4.74 Å². The molecule has 0 bridgehead atoms. The molecule has 2 nitrogen and oxygen atoms in total. The molecule has 2 aromatic rings. The third-order valence-electron chi connectivity index (χ3n) is 4.80. The van der Waals surface area contributed by atoms with Crippen LogP contribution in [0, 0.1) is 0 Å². The minimum atomic E-state index is 0.709. The lowest BCUT2D eigenvalue weighted by molar-refractivity contribution is 0.250. The van der Waals surface area contributed by atoms with Crippen molar-refractivity contribution in [3.63, 3.8) is 0 Å². The van der Waals surface area contributed by atoms with Gasteiger partial charge >= 0.3 is 0 Å². The molecule has 114 valence electrons. The minimum Gasteiger partial charge on any atom is -0.457 e. The van der Waals surface area contributed by atoms with Crippen molar-refractivity contribution < 1.29 is 4.74 Å². The van der Waals surface area contributed by atoms with Crippen molar-refractivity contribution in [3.05, 3.63) is 58.1 Å². The van der Waals surface area contributed by atoms with E-state index >= 15 is 0 Å². The Morgan fingerprint density at radius 1 is 0.864 bits per heavy atom. The lowest BCUT2D eigenvalue weighted by atomic mass is 10.1. The molecule has 0 N–H and O–H groups in total. The summed E-state index contributed by atoms with van der Waals surface area (Å²) < 4.78 is 7.06. The average molecular weight is 358 g/mol. The van der Waals surface area contributed by atoms with Crippen LogP contribution < -0.4 is 4.74 Å². The maximum atomic E-state index is 5.98. The number of fused-ring (bicyclic) bond motifs is 1. The van der Waals surface area contributed by atoms with Crippen LogP contribution in [0.5, 0.6) is 11.5 Å². The van der Waals surface area contributed by atoms with Gasteiger partial charge in [0, 0.05) is 10.5 Å². The lowest BCUT2D eigenvalue weighted by Gasteiger charge is -2.22. The number of nitrogens with zero attached hydrogens (tertiary/aromatic N) is 1. The first-order chi connectivity index (χ1) is 10.8. The van der Waals surface area contributed by atoms with E-state index in [4.69, 9.17) is 4.74 Å². The van der Waals surface area contributed by atoms with Crippen LogP contribution in [0.15, 0.2) is 46.9 Å². The fourth-order valence-corrected chi connectivity index (χ4v) is 3.90. The van der Waals surface area contributed by atoms with Crippen LogP contribution in [0.3, 0.4) is 0 Å². The van der Waals surface area contributed by atoms with Crippen molar-refractivity contribution in [2.75, 3.05) is 13.1 Å². The molecule has 0 radical (unpaired) electrons. The van der Waals surface area contributed by atoms with Crippen molar-refractivity contribution in [3.8, 4) is 11.5 Å². The van der Waals surface area contributed by atoms with Gasteiger partial charge in [-0.3, -0.25) is 4.90 Å². The van der Waals surface area contributed by atoms with Crippen LogP contribution in [0.25, 0.3) is 0 Å². The van der Waals surface area contributed by atoms with E-state index in [-0.39, 0.29) is 0 Å². The highest BCUT2D eigenvalue weighted by Gasteiger charge is 2.28. The Balaban J connectivity index is 1.49. The second-order valence-electron chi connectivity index (χ2n) is 6.29. The van der Waals surface area contributed by atoms with Crippen LogP contribution in [-0.4, -0.2) is 24.0 Å². The van der Waals surface area contributed by atoms with Gasteiger partial charge in [-0.05, 0) is 86.3 Å². The van der Waals surface area contributed by atoms with E-state index in [0.29, 0.717) is 6.04 Å². The summed E-state index contributed by atoms with van der Waals surface area (Å²) in [7, 11) is 0. The van der Waals surface area contributed by atoms with E-state index < -0.39 is 0 Å². The zero-order valence-corrected chi connectivity index (χ0v) is 14.2. The molecule has 0 amide bonds. The van der Waals surface area contributed by atoms with Gasteiger partial charge in [0.05, 0.1) is 0 Å². The van der Waals surface area contributed by atoms with Crippen LogP contribution >= 0.6 is 15.9 Å². The topological polar surface area (TPSA) is 12.5 Å². The summed E-state index contributed by atoms with van der Waals surface area (Å²) in [5.74, 6) is 1.83. The summed E-state index contributed by atoms with van der Waals surface area (Å²) in [5.41, 5.74) is 2.96. The van der Waals surface area contributed by atoms with Gasteiger partial charge in [0.1, 0.15) is 11.5 Å². The summed E-state index contributed by atoms with van der Waals surface area (Å²) >= 11 is 3.45. The summed E-state index contributed by atoms with van der Waals surface area (Å²) in [4.78, 5) is 2.66. The first-order valence-electron chi connectivity index (χ1n) is 8.07. The second-order valence-corrected chi connectivity index (χ2v) is 7.21. The maximum Gasteiger partial charge on any atom is 0.127 e. The van der Waals surface area contributed by atoms with Gasteiger partial charge in [-0.2, -0.15) is 0 Å². The first-order valence-corrected chi connectivity index (χ1v) is 8.86. The van der Waals surface area contributed by atoms with Crippen LogP contribution in [0.4, 0.5) is 0 Å². The highest BCUT2D eigenvalue weighted by Crippen LogP contribution is 2.32. The van der Waals surface area contributed by atoms with Crippen LogP contribution in [0.2, 0.25) is 0 Å². The predicted molar refractivity (Wildman–Crippen MR) is 92.7 cm³/mol. The molecule has 4 rings (SSSR count). The molecule has 0 saturated carbocycles. The third-order valence-corrected chi connectivity index (χ3v) is 5.32. The molecule has 1 aliphatic heterocycles. The molecule has 2 aromatic carbocycles. The first kappa shape index (κ1) is 14.3. The molecule has 1 heterocycles. The van der Waals surface area contributed by atoms with Gasteiger partial charge in [-0.15, -0.1) is 0 Å². The quantitative estimate of drug-likeness (QED) is 0.781. The normalized spacial score (nSPS) is 21.0. The molecular formula is C19H20BrNO. The number of likely N-dealkylation sites (tertiary alicyclic amines) is 1. The Bertz CT molecular complexity index is 662. The van der Waals surface area contributed by atoms with E-state index in [1.54, 1.807) is 0 Å². The monoisotopic (exact) mass is 357 g/mol. The zero-order valence-electron chi connectivity index (χ0n) is 12.6. The fraction of sp³-hybridized carbons (Fsp3) is 0.368. The zero-order chi connectivity index (χ0) is 14.9. The third kappa shape index (κ3) is 2.92. The van der Waals surface area contributed by atoms with Crippen molar-refractivity contribution in [2.45, 2.75) is 31.7 Å². The highest BCUT2D eigenvalue weighted by atomic mass is 79.9. The lowest BCUT2D eigenvalue weighted by Crippen LogP contribution is -2.33. The molecule has 1 fully saturated rings. The van der Waals surface area contributed by atoms with Gasteiger partial charge in [-0.1, -0.05) is 22.0 Å². The van der Waals surface area contributed by atoms with Crippen molar-refractivity contribution in [2.24, 2.45) is 0 Å². The van der Waals surface area contributed by atoms with Gasteiger partial charge in [-0.25, -0.2) is 0 Å². The SMILES string of the molecule is Brc1ccc(Oc2ccc3c(c2)CC(N2CCCC2)C3)cc1. The number of halogens is 1. The Morgan fingerprint density at radius 2 is 1.55 bits per heavy atom. The van der Waals surface area contributed by atoms with Crippen LogP contribution in [0.1, 0.15) is 24.0 Å². The molecule has 1 saturated heterocycles. The van der Waals surface area contributed by atoms with E-state index in [1.807, 2.05) is 24.3 Å². The van der Waals surface area contributed by atoms with E-state index in [2.05, 4.69) is 39.0 Å². The molecule has 3 heteroatoms. The molecule has 0 spiro atoms. The smallest absolute Gasteiger partial charge is 0.127 e. The molecule has 0 aromatic heterocycles. The van der Waals surface area contributed by atoms with Gasteiger partial charge in [0.25, 0.3) is 0 Å². The summed E-state index contributed by atoms with van der Waals surface area (Å²) in [6.07, 6.45) is 5.11. The summed E-state index contributed by atoms with van der Waals surface area (Å²) in [5, 5.41) is 0. The molecule has 2 aliphatic rings. The van der Waals surface area contributed by atoms with Gasteiger partial charge in [0.2, 0.25) is 0 Å². The Kier molecular flexibility index (Phi) is 3.93. The number of rotatable bonds is 3. The fourth-order valence-electron chi connectivity index (χ4n) is 3.64. The minimum absolute atomic E-state index is 0.709. The number of hydrogen-bond donors (Lipinski definition) is 0. The van der Waals surface area contributed by atoms with E-state index in [0.717, 1.165) is 16.0 Å². The Hall–Kier alpha value is -1.32. The highest BCUT2D eigenvalue weighted by molar-refractivity contribution is 9.10. The number of ether oxygens (including phenoxy) is 1. The Labute approximate surface area is 140 Å². The number of hydrogen-bond acceptors (Lipinski definition) is 2. The van der Waals surface area contributed by atoms with E-state index in [1.165, 1.54) is 49.9 Å². The summed E-state index contributed by atoms with van der Waals surface area (Å²) in [6.45, 7) is 2.56. The van der Waals surface area contributed by atoms with Gasteiger partial charge in [0.15, 0.2) is 0 Å². The summed E-state index contributed by atoms with van der Waals surface area (Å²) in [6, 6.07) is 15.3. The second kappa shape index (κ2) is 6.05. The molecule has 1 unspecified atom stereocenters. The van der Waals surface area contributed by atoms with E-state index in [9.17, 15) is 0 Å². The average Bonchev–Trinajstić information content (AvgIpc) is 3.17. The largest absolute Gasteiger partial charge is 0.457 e. The van der Waals surface area contributed by atoms with Crippen molar-refractivity contribution in [1.82, 2.24) is 4.90 Å². The molecular weight excluding hydrogens is 338 g/mol. The van der Waals surface area contributed by atoms with Crippen molar-refractivity contribution in [1.29, 1.82) is 0 Å². The predicted octanol–water partition coefficient (Wildman–Crippen LogP) is 4.80. The molecule has 22 heavy (non-hydrogen) atoms.